The highest BCUT2D eigenvalue weighted by Gasteiger charge is 2.22. The van der Waals surface area contributed by atoms with Crippen molar-refractivity contribution in [1.29, 1.82) is 0 Å². The van der Waals surface area contributed by atoms with Gasteiger partial charge in [0.2, 0.25) is 0 Å². The Labute approximate surface area is 105 Å². The lowest BCUT2D eigenvalue weighted by Gasteiger charge is -2.11. The molecule has 2 nitrogen and oxygen atoms in total. The van der Waals surface area contributed by atoms with E-state index in [1.165, 1.54) is 22.4 Å². The molecule has 1 aromatic heterocycles. The predicted molar refractivity (Wildman–Crippen MR) is 69.4 cm³/mol. The Balaban J connectivity index is 2.12. The van der Waals surface area contributed by atoms with Gasteiger partial charge in [-0.1, -0.05) is 17.7 Å². The second-order valence-electron chi connectivity index (χ2n) is 4.67. The third-order valence-corrected chi connectivity index (χ3v) is 3.45. The molecule has 1 N–H and O–H groups in total. The number of rotatable bonds is 2. The van der Waals surface area contributed by atoms with Gasteiger partial charge in [-0.3, -0.25) is 0 Å². The zero-order chi connectivity index (χ0) is 12.0. The van der Waals surface area contributed by atoms with E-state index in [9.17, 15) is 5.11 Å². The average Bonchev–Trinajstić information content (AvgIpc) is 2.78. The summed E-state index contributed by atoms with van der Waals surface area (Å²) >= 11 is 6.06. The number of hydrogen-bond donors (Lipinski definition) is 1. The van der Waals surface area contributed by atoms with Crippen LogP contribution in [-0.4, -0.2) is 15.8 Å². The second-order valence-corrected chi connectivity index (χ2v) is 5.11. The zero-order valence-corrected chi connectivity index (χ0v) is 10.4. The fourth-order valence-electron chi connectivity index (χ4n) is 2.55. The van der Waals surface area contributed by atoms with Crippen molar-refractivity contribution in [2.45, 2.75) is 26.0 Å². The summed E-state index contributed by atoms with van der Waals surface area (Å²) < 4.78 is 2.11. The van der Waals surface area contributed by atoms with Crippen LogP contribution in [0.4, 0.5) is 0 Å². The van der Waals surface area contributed by atoms with E-state index < -0.39 is 0 Å². The number of aliphatic hydroxyl groups is 1. The molecule has 2 aromatic rings. The van der Waals surface area contributed by atoms with E-state index in [0.717, 1.165) is 11.4 Å². The highest BCUT2D eigenvalue weighted by Crippen LogP contribution is 2.38. The molecule has 1 aliphatic carbocycles. The number of hydrogen-bond acceptors (Lipinski definition) is 1. The molecule has 1 atom stereocenters. The van der Waals surface area contributed by atoms with Crippen LogP contribution in [0.2, 0.25) is 5.02 Å². The summed E-state index contributed by atoms with van der Waals surface area (Å²) in [5.74, 6) is 0. The third-order valence-electron chi connectivity index (χ3n) is 3.22. The fraction of sp³-hybridized carbons (Fsp3) is 0.286. The van der Waals surface area contributed by atoms with Crippen LogP contribution in [0.3, 0.4) is 0 Å². The van der Waals surface area contributed by atoms with Crippen LogP contribution in [0.1, 0.15) is 18.1 Å². The van der Waals surface area contributed by atoms with Gasteiger partial charge in [-0.25, -0.2) is 0 Å². The molecule has 3 rings (SSSR count). The molecule has 0 saturated carbocycles. The van der Waals surface area contributed by atoms with Crippen molar-refractivity contribution < 1.29 is 5.11 Å². The molecule has 0 fully saturated rings. The molecule has 0 bridgehead atoms. The van der Waals surface area contributed by atoms with Crippen LogP contribution in [0.15, 0.2) is 30.5 Å². The number of aromatic nitrogens is 1. The molecule has 1 heterocycles. The number of aliphatic hydroxyl groups excluding tert-OH is 1. The lowest BCUT2D eigenvalue weighted by molar-refractivity contribution is 0.174. The molecule has 1 aromatic carbocycles. The summed E-state index contributed by atoms with van der Waals surface area (Å²) in [7, 11) is 0. The van der Waals surface area contributed by atoms with Gasteiger partial charge in [0, 0.05) is 29.7 Å². The first-order chi connectivity index (χ1) is 8.15. The highest BCUT2D eigenvalue weighted by atomic mass is 35.5. The van der Waals surface area contributed by atoms with Gasteiger partial charge in [-0.2, -0.15) is 0 Å². The van der Waals surface area contributed by atoms with Crippen molar-refractivity contribution in [1.82, 2.24) is 4.57 Å². The Morgan fingerprint density at radius 3 is 2.94 bits per heavy atom. The molecule has 0 spiro atoms. The predicted octanol–water partition coefficient (Wildman–Crippen LogP) is 3.09. The van der Waals surface area contributed by atoms with E-state index in [2.05, 4.69) is 16.7 Å². The molecule has 0 saturated heterocycles. The van der Waals surface area contributed by atoms with Gasteiger partial charge in [0.15, 0.2) is 0 Å². The van der Waals surface area contributed by atoms with E-state index in [1.807, 2.05) is 18.3 Å². The average molecular weight is 248 g/mol. The van der Waals surface area contributed by atoms with Gasteiger partial charge in [0.25, 0.3) is 0 Å². The summed E-state index contributed by atoms with van der Waals surface area (Å²) in [5, 5.41) is 10.3. The molecular formula is C14H14ClNO. The molecule has 0 unspecified atom stereocenters. The first kappa shape index (κ1) is 10.9. The maximum atomic E-state index is 9.51. The fourth-order valence-corrected chi connectivity index (χ4v) is 2.73. The third kappa shape index (κ3) is 1.78. The normalized spacial score (nSPS) is 14.5. The Morgan fingerprint density at radius 1 is 1.35 bits per heavy atom. The van der Waals surface area contributed by atoms with E-state index >= 15 is 0 Å². The molecule has 3 heteroatoms. The first-order valence-electron chi connectivity index (χ1n) is 5.80. The van der Waals surface area contributed by atoms with Gasteiger partial charge in [0.05, 0.1) is 11.8 Å². The van der Waals surface area contributed by atoms with Crippen molar-refractivity contribution >= 4 is 11.6 Å². The van der Waals surface area contributed by atoms with Crippen LogP contribution in [0.5, 0.6) is 0 Å². The number of benzene rings is 1. The molecule has 17 heavy (non-hydrogen) atoms. The highest BCUT2D eigenvalue weighted by molar-refractivity contribution is 6.30. The van der Waals surface area contributed by atoms with E-state index in [0.29, 0.717) is 6.54 Å². The lowest BCUT2D eigenvalue weighted by atomic mass is 10.1. The summed E-state index contributed by atoms with van der Waals surface area (Å²) in [4.78, 5) is 0. The van der Waals surface area contributed by atoms with Gasteiger partial charge in [-0.05, 0) is 36.2 Å². The number of nitrogens with zero attached hydrogens (tertiary/aromatic N) is 1. The van der Waals surface area contributed by atoms with Crippen LogP contribution < -0.4 is 0 Å². The molecule has 0 amide bonds. The van der Waals surface area contributed by atoms with Gasteiger partial charge in [-0.15, -0.1) is 0 Å². The number of fused-ring (bicyclic) bond motifs is 3. The maximum absolute atomic E-state index is 9.51. The van der Waals surface area contributed by atoms with Crippen LogP contribution in [0, 0.1) is 0 Å². The minimum absolute atomic E-state index is 0.338. The molecule has 1 aliphatic rings. The summed E-state index contributed by atoms with van der Waals surface area (Å²) in [5.41, 5.74) is 5.06. The lowest BCUT2D eigenvalue weighted by Crippen LogP contribution is -2.11. The SMILES string of the molecule is C[C@@H](O)Cn1ccc2c1-c1cc(Cl)ccc1C2. The molecular weight excluding hydrogens is 234 g/mol. The minimum Gasteiger partial charge on any atom is -0.392 e. The Hall–Kier alpha value is -1.25. The van der Waals surface area contributed by atoms with Crippen molar-refractivity contribution in [3.8, 4) is 11.3 Å². The molecule has 88 valence electrons. The molecule has 0 aliphatic heterocycles. The minimum atomic E-state index is -0.338. The smallest absolute Gasteiger partial charge is 0.0691 e. The van der Waals surface area contributed by atoms with Crippen molar-refractivity contribution in [3.63, 3.8) is 0 Å². The Morgan fingerprint density at radius 2 is 2.18 bits per heavy atom. The van der Waals surface area contributed by atoms with Crippen LogP contribution in [-0.2, 0) is 13.0 Å². The van der Waals surface area contributed by atoms with Crippen molar-refractivity contribution in [2.75, 3.05) is 0 Å². The van der Waals surface area contributed by atoms with Crippen LogP contribution >= 0.6 is 11.6 Å². The van der Waals surface area contributed by atoms with E-state index in [4.69, 9.17) is 11.6 Å². The Bertz CT molecular complexity index is 572. The largest absolute Gasteiger partial charge is 0.392 e. The first-order valence-corrected chi connectivity index (χ1v) is 6.18. The van der Waals surface area contributed by atoms with Gasteiger partial charge in [0.1, 0.15) is 0 Å². The number of halogens is 1. The van der Waals surface area contributed by atoms with Gasteiger partial charge < -0.3 is 9.67 Å². The second kappa shape index (κ2) is 3.90. The van der Waals surface area contributed by atoms with E-state index in [1.54, 1.807) is 6.92 Å². The Kier molecular flexibility index (Phi) is 2.49. The quantitative estimate of drug-likeness (QED) is 0.740. The van der Waals surface area contributed by atoms with Gasteiger partial charge >= 0.3 is 0 Å². The standard InChI is InChI=1S/C14H14ClNO/c1-9(17)8-16-5-4-11-6-10-2-3-12(15)7-13(10)14(11)16/h2-5,7,9,17H,6,8H2,1H3/t9-/m1/s1. The molecule has 0 radical (unpaired) electrons. The van der Waals surface area contributed by atoms with Crippen molar-refractivity contribution in [2.24, 2.45) is 0 Å². The summed E-state index contributed by atoms with van der Waals surface area (Å²) in [6, 6.07) is 8.17. The monoisotopic (exact) mass is 247 g/mol. The topological polar surface area (TPSA) is 25.2 Å². The zero-order valence-electron chi connectivity index (χ0n) is 9.65. The van der Waals surface area contributed by atoms with Crippen molar-refractivity contribution in [3.05, 3.63) is 46.6 Å². The summed E-state index contributed by atoms with van der Waals surface area (Å²) in [6.07, 6.45) is 2.67. The summed E-state index contributed by atoms with van der Waals surface area (Å²) in [6.45, 7) is 2.43. The van der Waals surface area contributed by atoms with Crippen LogP contribution in [0.25, 0.3) is 11.3 Å². The van der Waals surface area contributed by atoms with E-state index in [-0.39, 0.29) is 6.10 Å². The maximum Gasteiger partial charge on any atom is 0.0691 e.